The number of ether oxygens (including phenoxy) is 1. The molecule has 0 unspecified atom stereocenters. The van der Waals surface area contributed by atoms with E-state index in [1.54, 1.807) is 0 Å². The Morgan fingerprint density at radius 3 is 3.00 bits per heavy atom. The molecule has 0 bridgehead atoms. The molecule has 0 aliphatic carbocycles. The van der Waals surface area contributed by atoms with E-state index in [1.807, 2.05) is 24.9 Å². The molecule has 6 nitrogen and oxygen atoms in total. The molecule has 1 aliphatic heterocycles. The van der Waals surface area contributed by atoms with E-state index in [0.717, 1.165) is 18.4 Å². The predicted molar refractivity (Wildman–Crippen MR) is 110 cm³/mol. The number of carbonyl (C=O) groups excluding carboxylic acids is 2. The van der Waals surface area contributed by atoms with Crippen LogP contribution in [0.5, 0.6) is 0 Å². The second-order valence-corrected chi connectivity index (χ2v) is 7.92. The van der Waals surface area contributed by atoms with Gasteiger partial charge in [-0.25, -0.2) is 0 Å². The van der Waals surface area contributed by atoms with E-state index in [2.05, 4.69) is 35.4 Å². The highest BCUT2D eigenvalue weighted by Gasteiger charge is 2.33. The summed E-state index contributed by atoms with van der Waals surface area (Å²) in [6.45, 7) is 8.45. The van der Waals surface area contributed by atoms with Gasteiger partial charge in [-0.05, 0) is 51.3 Å². The Kier molecular flexibility index (Phi) is 6.73. The molecule has 0 saturated carbocycles. The van der Waals surface area contributed by atoms with E-state index in [-0.39, 0.29) is 23.8 Å². The van der Waals surface area contributed by atoms with E-state index in [0.29, 0.717) is 32.7 Å². The molecule has 0 spiro atoms. The monoisotopic (exact) mass is 385 g/mol. The zero-order chi connectivity index (χ0) is 20.1. The number of aryl methyl sites for hydroxylation is 1. The Labute approximate surface area is 166 Å². The summed E-state index contributed by atoms with van der Waals surface area (Å²) in [5.41, 5.74) is 3.55. The second kappa shape index (κ2) is 9.24. The van der Waals surface area contributed by atoms with Gasteiger partial charge in [-0.3, -0.25) is 9.59 Å². The molecular weight excluding hydrogens is 354 g/mol. The van der Waals surface area contributed by atoms with Crippen molar-refractivity contribution >= 4 is 22.7 Å². The molecule has 2 heterocycles. The first-order valence-electron chi connectivity index (χ1n) is 10.2. The van der Waals surface area contributed by atoms with Crippen molar-refractivity contribution in [3.8, 4) is 0 Å². The molecule has 1 fully saturated rings. The van der Waals surface area contributed by atoms with E-state index in [4.69, 9.17) is 4.74 Å². The van der Waals surface area contributed by atoms with Gasteiger partial charge >= 0.3 is 0 Å². The summed E-state index contributed by atoms with van der Waals surface area (Å²) in [6.07, 6.45) is 4.11. The number of hydrogen-bond donors (Lipinski definition) is 2. The molecule has 2 aromatic rings. The second-order valence-electron chi connectivity index (χ2n) is 7.92. The van der Waals surface area contributed by atoms with E-state index >= 15 is 0 Å². The summed E-state index contributed by atoms with van der Waals surface area (Å²) in [6, 6.07) is 6.35. The lowest BCUT2D eigenvalue weighted by molar-refractivity contribution is -0.129. The number of amides is 2. The van der Waals surface area contributed by atoms with Crippen molar-refractivity contribution in [2.24, 2.45) is 5.92 Å². The summed E-state index contributed by atoms with van der Waals surface area (Å²) >= 11 is 0. The van der Waals surface area contributed by atoms with Gasteiger partial charge in [-0.15, -0.1) is 0 Å². The molecule has 0 radical (unpaired) electrons. The van der Waals surface area contributed by atoms with Crippen LogP contribution < -0.4 is 5.32 Å². The number of aromatic nitrogens is 1. The number of nitrogens with zero attached hydrogens (tertiary/aromatic N) is 1. The summed E-state index contributed by atoms with van der Waals surface area (Å²) < 4.78 is 5.47. The fraction of sp³-hybridized carbons (Fsp3) is 0.545. The van der Waals surface area contributed by atoms with Crippen molar-refractivity contribution in [1.82, 2.24) is 15.2 Å². The molecule has 6 heteroatoms. The maximum Gasteiger partial charge on any atom is 0.225 e. The van der Waals surface area contributed by atoms with Crippen LogP contribution in [0.3, 0.4) is 0 Å². The molecule has 1 aromatic carbocycles. The highest BCUT2D eigenvalue weighted by molar-refractivity contribution is 5.89. The molecule has 1 saturated heterocycles. The normalized spacial score (nSPS) is 17.1. The number of likely N-dealkylation sites (tertiary alicyclic amines) is 1. The first-order chi connectivity index (χ1) is 13.4. The molecule has 152 valence electrons. The lowest BCUT2D eigenvalue weighted by Crippen LogP contribution is -2.34. The fourth-order valence-electron chi connectivity index (χ4n) is 3.67. The maximum atomic E-state index is 12.3. The van der Waals surface area contributed by atoms with Gasteiger partial charge in [0.1, 0.15) is 0 Å². The Morgan fingerprint density at radius 1 is 1.39 bits per heavy atom. The number of H-pyrrole nitrogens is 1. The van der Waals surface area contributed by atoms with Crippen LogP contribution in [0.15, 0.2) is 24.4 Å². The van der Waals surface area contributed by atoms with Gasteiger partial charge in [0.2, 0.25) is 11.8 Å². The summed E-state index contributed by atoms with van der Waals surface area (Å²) in [5, 5.41) is 4.15. The van der Waals surface area contributed by atoms with Crippen LogP contribution in [0.4, 0.5) is 0 Å². The molecule has 1 aliphatic rings. The standard InChI is InChI=1S/C22H31N3O3/c1-15(2)28-10-4-8-23-22(27)18-12-21(26)25(14-18)9-7-17-13-24-20-6-5-16(3)11-19(17)20/h5-6,11,13,15,18,24H,4,7-10,12,14H2,1-3H3,(H,23,27)/t18-/m1/s1. The number of nitrogens with one attached hydrogen (secondary N) is 2. The number of hydrogen-bond acceptors (Lipinski definition) is 3. The zero-order valence-corrected chi connectivity index (χ0v) is 17.1. The van der Waals surface area contributed by atoms with Crippen LogP contribution in [0.2, 0.25) is 0 Å². The van der Waals surface area contributed by atoms with Crippen molar-refractivity contribution in [1.29, 1.82) is 0 Å². The molecule has 2 N–H and O–H groups in total. The van der Waals surface area contributed by atoms with E-state index < -0.39 is 0 Å². The van der Waals surface area contributed by atoms with Crippen molar-refractivity contribution in [3.63, 3.8) is 0 Å². The van der Waals surface area contributed by atoms with Crippen LogP contribution in [-0.4, -0.2) is 54.0 Å². The van der Waals surface area contributed by atoms with Crippen LogP contribution in [0, 0.1) is 12.8 Å². The number of fused-ring (bicyclic) bond motifs is 1. The van der Waals surface area contributed by atoms with Gasteiger partial charge in [-0.2, -0.15) is 0 Å². The Morgan fingerprint density at radius 2 is 2.21 bits per heavy atom. The Hall–Kier alpha value is -2.34. The van der Waals surface area contributed by atoms with Gasteiger partial charge in [0.25, 0.3) is 0 Å². The molecular formula is C22H31N3O3. The molecule has 1 aromatic heterocycles. The zero-order valence-electron chi connectivity index (χ0n) is 17.1. The van der Waals surface area contributed by atoms with Gasteiger partial charge in [0, 0.05) is 49.8 Å². The average Bonchev–Trinajstić information content (AvgIpc) is 3.22. The predicted octanol–water partition coefficient (Wildman–Crippen LogP) is 2.80. The third-order valence-electron chi connectivity index (χ3n) is 5.23. The minimum Gasteiger partial charge on any atom is -0.379 e. The lowest BCUT2D eigenvalue weighted by atomic mass is 10.1. The molecule has 1 atom stereocenters. The van der Waals surface area contributed by atoms with Crippen molar-refractivity contribution in [2.75, 3.05) is 26.2 Å². The lowest BCUT2D eigenvalue weighted by Gasteiger charge is -2.16. The third kappa shape index (κ3) is 5.13. The first-order valence-corrected chi connectivity index (χ1v) is 10.2. The molecule has 28 heavy (non-hydrogen) atoms. The van der Waals surface area contributed by atoms with Crippen molar-refractivity contribution in [2.45, 2.75) is 46.1 Å². The summed E-state index contributed by atoms with van der Waals surface area (Å²) in [7, 11) is 0. The number of benzene rings is 1. The van der Waals surface area contributed by atoms with Crippen LogP contribution in [0.1, 0.15) is 37.8 Å². The minimum atomic E-state index is -0.247. The van der Waals surface area contributed by atoms with Crippen LogP contribution in [-0.2, 0) is 20.7 Å². The first kappa shape index (κ1) is 20.4. The van der Waals surface area contributed by atoms with Crippen molar-refractivity contribution < 1.29 is 14.3 Å². The van der Waals surface area contributed by atoms with Gasteiger partial charge in [0.15, 0.2) is 0 Å². The van der Waals surface area contributed by atoms with Gasteiger partial charge in [0.05, 0.1) is 12.0 Å². The third-order valence-corrected chi connectivity index (χ3v) is 5.23. The van der Waals surface area contributed by atoms with Crippen LogP contribution >= 0.6 is 0 Å². The highest BCUT2D eigenvalue weighted by atomic mass is 16.5. The summed E-state index contributed by atoms with van der Waals surface area (Å²) in [5.74, 6) is -0.203. The Bertz CT molecular complexity index is 828. The SMILES string of the molecule is Cc1ccc2[nH]cc(CCN3C[C@H](C(=O)NCCCOC(C)C)CC3=O)c2c1. The number of rotatable bonds is 9. The Balaban J connectivity index is 1.46. The smallest absolute Gasteiger partial charge is 0.225 e. The fourth-order valence-corrected chi connectivity index (χ4v) is 3.67. The minimum absolute atomic E-state index is 0.0249. The van der Waals surface area contributed by atoms with E-state index in [9.17, 15) is 9.59 Å². The number of aromatic amines is 1. The topological polar surface area (TPSA) is 74.4 Å². The van der Waals surface area contributed by atoms with E-state index in [1.165, 1.54) is 16.5 Å². The quantitative estimate of drug-likeness (QED) is 0.652. The van der Waals surface area contributed by atoms with Crippen LogP contribution in [0.25, 0.3) is 10.9 Å². The summed E-state index contributed by atoms with van der Waals surface area (Å²) in [4.78, 5) is 29.8. The molecule has 2 amide bonds. The largest absolute Gasteiger partial charge is 0.379 e. The average molecular weight is 386 g/mol. The maximum absolute atomic E-state index is 12.3. The molecule has 3 rings (SSSR count). The van der Waals surface area contributed by atoms with Gasteiger partial charge < -0.3 is 19.9 Å². The number of carbonyl (C=O) groups is 2. The van der Waals surface area contributed by atoms with Crippen molar-refractivity contribution in [3.05, 3.63) is 35.5 Å². The highest BCUT2D eigenvalue weighted by Crippen LogP contribution is 2.22. The van der Waals surface area contributed by atoms with Gasteiger partial charge in [-0.1, -0.05) is 11.6 Å².